The quantitative estimate of drug-likeness (QED) is 0.451. The second-order valence-electron chi connectivity index (χ2n) is 3.74. The lowest BCUT2D eigenvalue weighted by Crippen LogP contribution is -2.45. The van der Waals surface area contributed by atoms with Crippen LogP contribution in [0.3, 0.4) is 0 Å². The predicted molar refractivity (Wildman–Crippen MR) is 54.1 cm³/mol. The summed E-state index contributed by atoms with van der Waals surface area (Å²) in [5, 5.41) is 4.97. The van der Waals surface area contributed by atoms with Gasteiger partial charge in [-0.2, -0.15) is 0 Å². The monoisotopic (exact) mass is 212 g/mol. The summed E-state index contributed by atoms with van der Waals surface area (Å²) in [6.07, 6.45) is 3.59. The minimum atomic E-state index is -0.675. The van der Waals surface area contributed by atoms with Crippen molar-refractivity contribution in [3.63, 3.8) is 0 Å². The van der Waals surface area contributed by atoms with E-state index in [1.807, 2.05) is 6.92 Å². The minimum absolute atomic E-state index is 0.167. The summed E-state index contributed by atoms with van der Waals surface area (Å²) in [6, 6.07) is -0.508. The molecule has 0 radical (unpaired) electrons. The Balaban J connectivity index is 2.44. The molecule has 5 nitrogen and oxygen atoms in total. The van der Waals surface area contributed by atoms with Gasteiger partial charge in [0.25, 0.3) is 5.91 Å². The molecule has 1 fully saturated rings. The Hall–Kier alpha value is -1.39. The fourth-order valence-electron chi connectivity index (χ4n) is 1.30. The van der Waals surface area contributed by atoms with E-state index in [2.05, 4.69) is 10.6 Å². The smallest absolute Gasteiger partial charge is 0.289 e. The predicted octanol–water partition coefficient (Wildman–Crippen LogP) is -0.251. The molecule has 2 amide bonds. The van der Waals surface area contributed by atoms with Gasteiger partial charge in [-0.05, 0) is 19.3 Å². The Morgan fingerprint density at radius 3 is 2.60 bits per heavy atom. The topological polar surface area (TPSA) is 75.3 Å². The highest BCUT2D eigenvalue weighted by molar-refractivity contribution is 6.38. The molecule has 1 atom stereocenters. The van der Waals surface area contributed by atoms with Crippen LogP contribution in [-0.4, -0.2) is 30.2 Å². The molecule has 1 saturated carbocycles. The van der Waals surface area contributed by atoms with Crippen LogP contribution in [0.5, 0.6) is 0 Å². The van der Waals surface area contributed by atoms with Gasteiger partial charge < -0.3 is 10.6 Å². The van der Waals surface area contributed by atoms with Crippen LogP contribution in [0.1, 0.15) is 32.6 Å². The summed E-state index contributed by atoms with van der Waals surface area (Å²) >= 11 is 0. The third-order valence-electron chi connectivity index (χ3n) is 2.30. The fraction of sp³-hybridized carbons (Fsp3) is 0.700. The van der Waals surface area contributed by atoms with E-state index in [-0.39, 0.29) is 6.04 Å². The van der Waals surface area contributed by atoms with Crippen LogP contribution in [0, 0.1) is 0 Å². The van der Waals surface area contributed by atoms with Crippen LogP contribution >= 0.6 is 0 Å². The van der Waals surface area contributed by atoms with Crippen molar-refractivity contribution < 1.29 is 14.4 Å². The second kappa shape index (κ2) is 5.48. The lowest BCUT2D eigenvalue weighted by atomic mass is 10.1. The summed E-state index contributed by atoms with van der Waals surface area (Å²) in [6.45, 7) is 1.89. The van der Waals surface area contributed by atoms with Crippen molar-refractivity contribution in [1.29, 1.82) is 0 Å². The molecule has 0 bridgehead atoms. The SMILES string of the molecule is CCCC(NC=O)C(=O)C(=O)NC1CC1. The Morgan fingerprint density at radius 1 is 1.47 bits per heavy atom. The first-order valence-electron chi connectivity index (χ1n) is 5.23. The highest BCUT2D eigenvalue weighted by Gasteiger charge is 2.29. The molecule has 1 unspecified atom stereocenters. The number of ketones is 1. The van der Waals surface area contributed by atoms with Crippen LogP contribution in [0.25, 0.3) is 0 Å². The number of amides is 2. The van der Waals surface area contributed by atoms with Gasteiger partial charge in [0.15, 0.2) is 0 Å². The number of hydrogen-bond acceptors (Lipinski definition) is 3. The van der Waals surface area contributed by atoms with E-state index in [0.29, 0.717) is 12.8 Å². The van der Waals surface area contributed by atoms with Gasteiger partial charge >= 0.3 is 0 Å². The Morgan fingerprint density at radius 2 is 2.13 bits per heavy atom. The van der Waals surface area contributed by atoms with Crippen molar-refractivity contribution in [3.05, 3.63) is 0 Å². The van der Waals surface area contributed by atoms with Gasteiger partial charge in [-0.25, -0.2) is 0 Å². The molecule has 0 spiro atoms. The normalized spacial score (nSPS) is 16.6. The molecule has 84 valence electrons. The fourth-order valence-corrected chi connectivity index (χ4v) is 1.30. The lowest BCUT2D eigenvalue weighted by molar-refractivity contribution is -0.139. The number of Topliss-reactive ketones (excluding diaryl/α,β-unsaturated/α-hetero) is 1. The number of nitrogens with one attached hydrogen (secondary N) is 2. The molecule has 0 aliphatic heterocycles. The van der Waals surface area contributed by atoms with Gasteiger partial charge in [0, 0.05) is 6.04 Å². The molecule has 0 aromatic carbocycles. The van der Waals surface area contributed by atoms with Gasteiger partial charge in [0.05, 0.1) is 6.04 Å². The van der Waals surface area contributed by atoms with E-state index in [4.69, 9.17) is 0 Å². The van der Waals surface area contributed by atoms with Crippen LogP contribution in [0.2, 0.25) is 0 Å². The van der Waals surface area contributed by atoms with E-state index < -0.39 is 17.7 Å². The molecule has 0 aromatic heterocycles. The third kappa shape index (κ3) is 3.69. The van der Waals surface area contributed by atoms with E-state index >= 15 is 0 Å². The maximum atomic E-state index is 11.6. The molecule has 5 heteroatoms. The van der Waals surface area contributed by atoms with Gasteiger partial charge in [0.2, 0.25) is 12.2 Å². The summed E-state index contributed by atoms with van der Waals surface area (Å²) in [4.78, 5) is 33.2. The molecule has 0 heterocycles. The Bertz CT molecular complexity index is 261. The van der Waals surface area contributed by atoms with E-state index in [1.165, 1.54) is 0 Å². The highest BCUT2D eigenvalue weighted by atomic mass is 16.2. The Labute approximate surface area is 88.6 Å². The molecule has 1 rings (SSSR count). The first-order chi connectivity index (χ1) is 7.19. The van der Waals surface area contributed by atoms with E-state index in [0.717, 1.165) is 19.3 Å². The second-order valence-corrected chi connectivity index (χ2v) is 3.74. The summed E-state index contributed by atoms with van der Waals surface area (Å²) < 4.78 is 0. The lowest BCUT2D eigenvalue weighted by Gasteiger charge is -2.13. The zero-order valence-corrected chi connectivity index (χ0v) is 8.79. The largest absolute Gasteiger partial charge is 0.348 e. The standard InChI is InChI=1S/C10H16N2O3/c1-2-3-8(11-6-13)9(14)10(15)12-7-4-5-7/h6-8H,2-5H2,1H3,(H,11,13)(H,12,15). The average molecular weight is 212 g/mol. The number of rotatable bonds is 7. The van der Waals surface area contributed by atoms with Gasteiger partial charge in [-0.15, -0.1) is 0 Å². The zero-order chi connectivity index (χ0) is 11.3. The molecule has 0 saturated heterocycles. The van der Waals surface area contributed by atoms with Gasteiger partial charge in [-0.1, -0.05) is 13.3 Å². The van der Waals surface area contributed by atoms with Crippen molar-refractivity contribution in [1.82, 2.24) is 10.6 Å². The first-order valence-corrected chi connectivity index (χ1v) is 5.23. The van der Waals surface area contributed by atoms with Crippen LogP contribution in [-0.2, 0) is 14.4 Å². The highest BCUT2D eigenvalue weighted by Crippen LogP contribution is 2.18. The van der Waals surface area contributed by atoms with Crippen molar-refractivity contribution in [2.45, 2.75) is 44.7 Å². The molecule has 15 heavy (non-hydrogen) atoms. The summed E-state index contributed by atoms with van der Waals surface area (Å²) in [7, 11) is 0. The Kier molecular flexibility index (Phi) is 4.27. The molecule has 1 aliphatic carbocycles. The first kappa shape index (κ1) is 11.7. The number of hydrogen-bond donors (Lipinski definition) is 2. The third-order valence-corrected chi connectivity index (χ3v) is 2.30. The van der Waals surface area contributed by atoms with Gasteiger partial charge in [-0.3, -0.25) is 14.4 Å². The molecular weight excluding hydrogens is 196 g/mol. The molecule has 0 aromatic rings. The van der Waals surface area contributed by atoms with Crippen molar-refractivity contribution in [2.75, 3.05) is 0 Å². The maximum absolute atomic E-state index is 11.6. The summed E-state index contributed by atoms with van der Waals surface area (Å²) in [5.41, 5.74) is 0. The van der Waals surface area contributed by atoms with Crippen molar-refractivity contribution in [2.24, 2.45) is 0 Å². The minimum Gasteiger partial charge on any atom is -0.348 e. The van der Waals surface area contributed by atoms with Crippen LogP contribution in [0.15, 0.2) is 0 Å². The molecular formula is C10H16N2O3. The van der Waals surface area contributed by atoms with E-state index in [9.17, 15) is 14.4 Å². The zero-order valence-electron chi connectivity index (χ0n) is 8.79. The molecule has 2 N–H and O–H groups in total. The van der Waals surface area contributed by atoms with Crippen molar-refractivity contribution in [3.8, 4) is 0 Å². The van der Waals surface area contributed by atoms with Crippen LogP contribution in [0.4, 0.5) is 0 Å². The van der Waals surface area contributed by atoms with Crippen molar-refractivity contribution >= 4 is 18.1 Å². The maximum Gasteiger partial charge on any atom is 0.289 e. The average Bonchev–Trinajstić information content (AvgIpc) is 3.00. The number of carbonyl (C=O) groups excluding carboxylic acids is 3. The molecule has 1 aliphatic rings. The summed E-state index contributed by atoms with van der Waals surface area (Å²) in [5.74, 6) is -1.12. The van der Waals surface area contributed by atoms with Crippen LogP contribution < -0.4 is 10.6 Å². The number of carbonyl (C=O) groups is 3. The van der Waals surface area contributed by atoms with Gasteiger partial charge in [0.1, 0.15) is 0 Å². The van der Waals surface area contributed by atoms with E-state index in [1.54, 1.807) is 0 Å².